The summed E-state index contributed by atoms with van der Waals surface area (Å²) in [5.41, 5.74) is 2.46. The molecule has 0 saturated carbocycles. The van der Waals surface area contributed by atoms with Crippen LogP contribution < -0.4 is 0 Å². The fraction of sp³-hybridized carbons (Fsp3) is 0.769. The van der Waals surface area contributed by atoms with Crippen molar-refractivity contribution in [3.8, 4) is 0 Å². The Morgan fingerprint density at radius 2 is 2.00 bits per heavy atom. The van der Waals surface area contributed by atoms with Crippen molar-refractivity contribution in [1.82, 2.24) is 9.78 Å². The van der Waals surface area contributed by atoms with E-state index in [9.17, 15) is 0 Å². The Morgan fingerprint density at radius 1 is 1.18 bits per heavy atom. The van der Waals surface area contributed by atoms with E-state index in [0.717, 1.165) is 45.6 Å². The smallest absolute Gasteiger partial charge is 0.0662 e. The summed E-state index contributed by atoms with van der Waals surface area (Å²) >= 11 is 0. The molecule has 0 saturated heterocycles. The van der Waals surface area contributed by atoms with E-state index in [4.69, 9.17) is 9.47 Å². The van der Waals surface area contributed by atoms with Crippen molar-refractivity contribution in [3.05, 3.63) is 17.5 Å². The molecule has 0 spiro atoms. The van der Waals surface area contributed by atoms with E-state index in [0.29, 0.717) is 0 Å². The van der Waals surface area contributed by atoms with E-state index in [1.54, 1.807) is 7.11 Å². The number of aryl methyl sites for hydroxylation is 2. The lowest BCUT2D eigenvalue weighted by Gasteiger charge is -2.06. The van der Waals surface area contributed by atoms with Gasteiger partial charge in [0, 0.05) is 26.0 Å². The van der Waals surface area contributed by atoms with E-state index in [-0.39, 0.29) is 0 Å². The molecule has 17 heavy (non-hydrogen) atoms. The molecule has 1 aromatic rings. The Bertz CT molecular complexity index is 310. The molecule has 0 radical (unpaired) electrons. The largest absolute Gasteiger partial charge is 0.385 e. The molecule has 0 fully saturated rings. The predicted molar refractivity (Wildman–Crippen MR) is 68.3 cm³/mol. The van der Waals surface area contributed by atoms with Gasteiger partial charge in [0.05, 0.1) is 18.8 Å². The van der Waals surface area contributed by atoms with Crippen LogP contribution in [0.15, 0.2) is 6.07 Å². The highest BCUT2D eigenvalue weighted by Gasteiger charge is 2.04. The molecule has 0 atom stereocenters. The minimum atomic E-state index is 0.724. The summed E-state index contributed by atoms with van der Waals surface area (Å²) in [6, 6.07) is 2.19. The number of ether oxygens (including phenoxy) is 2. The van der Waals surface area contributed by atoms with Crippen molar-refractivity contribution in [2.45, 2.75) is 39.7 Å². The summed E-state index contributed by atoms with van der Waals surface area (Å²) in [5, 5.41) is 4.55. The van der Waals surface area contributed by atoms with Crippen LogP contribution in [0.3, 0.4) is 0 Å². The molecule has 4 heteroatoms. The van der Waals surface area contributed by atoms with Crippen LogP contribution in [-0.2, 0) is 28.9 Å². The molecule has 1 rings (SSSR count). The summed E-state index contributed by atoms with van der Waals surface area (Å²) in [4.78, 5) is 0. The molecule has 0 bridgehead atoms. The third-order valence-corrected chi connectivity index (χ3v) is 2.72. The third kappa shape index (κ3) is 4.88. The molecule has 4 nitrogen and oxygen atoms in total. The Labute approximate surface area is 104 Å². The molecule has 0 amide bonds. The molecule has 0 aliphatic heterocycles. The Balaban J connectivity index is 2.28. The first-order valence-corrected chi connectivity index (χ1v) is 6.44. The van der Waals surface area contributed by atoms with Crippen molar-refractivity contribution in [3.63, 3.8) is 0 Å². The number of aromatic nitrogens is 2. The second kappa shape index (κ2) is 8.25. The maximum absolute atomic E-state index is 5.54. The van der Waals surface area contributed by atoms with E-state index >= 15 is 0 Å². The van der Waals surface area contributed by atoms with Gasteiger partial charge >= 0.3 is 0 Å². The zero-order chi connectivity index (χ0) is 12.5. The van der Waals surface area contributed by atoms with E-state index < -0.39 is 0 Å². The molecule has 1 aromatic heterocycles. The second-order valence-electron chi connectivity index (χ2n) is 4.02. The lowest BCUT2D eigenvalue weighted by molar-refractivity contribution is 0.0957. The van der Waals surface area contributed by atoms with Crippen molar-refractivity contribution in [2.24, 2.45) is 0 Å². The minimum absolute atomic E-state index is 0.724. The zero-order valence-electron chi connectivity index (χ0n) is 11.2. The average Bonchev–Trinajstić information content (AvgIpc) is 2.76. The van der Waals surface area contributed by atoms with Gasteiger partial charge in [-0.3, -0.25) is 4.68 Å². The lowest BCUT2D eigenvalue weighted by atomic mass is 10.3. The van der Waals surface area contributed by atoms with Gasteiger partial charge < -0.3 is 9.47 Å². The first-order valence-electron chi connectivity index (χ1n) is 6.44. The van der Waals surface area contributed by atoms with Gasteiger partial charge in [-0.05, 0) is 25.3 Å². The molecule has 98 valence electrons. The van der Waals surface area contributed by atoms with E-state index in [1.165, 1.54) is 11.4 Å². The summed E-state index contributed by atoms with van der Waals surface area (Å²) < 4.78 is 12.6. The molecule has 0 N–H and O–H groups in total. The van der Waals surface area contributed by atoms with Gasteiger partial charge in [-0.1, -0.05) is 13.8 Å². The van der Waals surface area contributed by atoms with Gasteiger partial charge in [0.15, 0.2) is 0 Å². The maximum Gasteiger partial charge on any atom is 0.0662 e. The summed E-state index contributed by atoms with van der Waals surface area (Å²) in [5.74, 6) is 0. The van der Waals surface area contributed by atoms with Crippen LogP contribution in [0.2, 0.25) is 0 Å². The molecule has 1 heterocycles. The standard InChI is InChI=1S/C13H24N2O2/c1-4-12-11-13(5-2)15(14-12)7-10-17-9-6-8-16-3/h11H,4-10H2,1-3H3. The quantitative estimate of drug-likeness (QED) is 0.620. The van der Waals surface area contributed by atoms with Crippen LogP contribution in [0, 0.1) is 0 Å². The van der Waals surface area contributed by atoms with Crippen LogP contribution in [-0.4, -0.2) is 36.7 Å². The highest BCUT2D eigenvalue weighted by atomic mass is 16.5. The van der Waals surface area contributed by atoms with Gasteiger partial charge in [0.1, 0.15) is 0 Å². The number of rotatable bonds is 9. The van der Waals surface area contributed by atoms with Gasteiger partial charge in [0.25, 0.3) is 0 Å². The van der Waals surface area contributed by atoms with Crippen LogP contribution in [0.4, 0.5) is 0 Å². The maximum atomic E-state index is 5.54. The Hall–Kier alpha value is -0.870. The molecule has 0 aliphatic carbocycles. The third-order valence-electron chi connectivity index (χ3n) is 2.72. The van der Waals surface area contributed by atoms with Crippen LogP contribution in [0.25, 0.3) is 0 Å². The highest BCUT2D eigenvalue weighted by molar-refractivity contribution is 5.10. The van der Waals surface area contributed by atoms with E-state index in [1.807, 2.05) is 0 Å². The second-order valence-corrected chi connectivity index (χ2v) is 4.02. The Morgan fingerprint density at radius 3 is 2.65 bits per heavy atom. The van der Waals surface area contributed by atoms with Gasteiger partial charge in [-0.15, -0.1) is 0 Å². The number of hydrogen-bond donors (Lipinski definition) is 0. The molecule has 0 aromatic carbocycles. The number of hydrogen-bond acceptors (Lipinski definition) is 3. The monoisotopic (exact) mass is 240 g/mol. The SMILES string of the molecule is CCc1cc(CC)n(CCOCCCOC)n1. The summed E-state index contributed by atoms with van der Waals surface area (Å²) in [7, 11) is 1.71. The highest BCUT2D eigenvalue weighted by Crippen LogP contribution is 2.06. The van der Waals surface area contributed by atoms with E-state index in [2.05, 4.69) is 29.7 Å². The first kappa shape index (κ1) is 14.2. The fourth-order valence-electron chi connectivity index (χ4n) is 1.72. The number of methoxy groups -OCH3 is 1. The summed E-state index contributed by atoms with van der Waals surface area (Å²) in [6.45, 7) is 7.39. The number of nitrogens with zero attached hydrogens (tertiary/aromatic N) is 2. The molecule has 0 aliphatic rings. The Kier molecular flexibility index (Phi) is 6.89. The topological polar surface area (TPSA) is 36.3 Å². The van der Waals surface area contributed by atoms with Crippen molar-refractivity contribution < 1.29 is 9.47 Å². The first-order chi connectivity index (χ1) is 8.31. The average molecular weight is 240 g/mol. The fourth-order valence-corrected chi connectivity index (χ4v) is 1.72. The van der Waals surface area contributed by atoms with Gasteiger partial charge in [-0.2, -0.15) is 5.10 Å². The molecular formula is C13H24N2O2. The normalized spacial score (nSPS) is 11.0. The van der Waals surface area contributed by atoms with Crippen molar-refractivity contribution in [2.75, 3.05) is 26.9 Å². The van der Waals surface area contributed by atoms with Crippen LogP contribution in [0.5, 0.6) is 0 Å². The van der Waals surface area contributed by atoms with Crippen molar-refractivity contribution in [1.29, 1.82) is 0 Å². The van der Waals surface area contributed by atoms with Crippen molar-refractivity contribution >= 4 is 0 Å². The van der Waals surface area contributed by atoms with Gasteiger partial charge in [-0.25, -0.2) is 0 Å². The van der Waals surface area contributed by atoms with Crippen LogP contribution in [0.1, 0.15) is 31.7 Å². The lowest BCUT2D eigenvalue weighted by Crippen LogP contribution is -2.11. The molecule has 0 unspecified atom stereocenters. The summed E-state index contributed by atoms with van der Waals surface area (Å²) in [6.07, 6.45) is 2.97. The predicted octanol–water partition coefficient (Wildman–Crippen LogP) is 2.06. The zero-order valence-corrected chi connectivity index (χ0v) is 11.2. The van der Waals surface area contributed by atoms with Crippen LogP contribution >= 0.6 is 0 Å². The minimum Gasteiger partial charge on any atom is -0.385 e. The van der Waals surface area contributed by atoms with Gasteiger partial charge in [0.2, 0.25) is 0 Å². The molecular weight excluding hydrogens is 216 g/mol.